The number of rotatable bonds is 5. The number of benzene rings is 2. The van der Waals surface area contributed by atoms with E-state index in [1.165, 1.54) is 0 Å². The topological polar surface area (TPSA) is 75.6 Å². The van der Waals surface area contributed by atoms with Crippen molar-refractivity contribution >= 4 is 11.6 Å². The molecule has 0 aliphatic rings. The van der Waals surface area contributed by atoms with Crippen LogP contribution in [0, 0.1) is 0 Å². The van der Waals surface area contributed by atoms with Gasteiger partial charge in [0, 0.05) is 11.1 Å². The highest BCUT2D eigenvalue weighted by Gasteiger charge is 2.02. The number of hydrogen-bond donors (Lipinski definition) is 2. The number of nitrogens with zero attached hydrogens (tertiary/aromatic N) is 4. The second kappa shape index (κ2) is 7.40. The zero-order valence-corrected chi connectivity index (χ0v) is 13.9. The Hall–Kier alpha value is -3.80. The average Bonchev–Trinajstić information content (AvgIpc) is 2.74. The first-order valence-electron chi connectivity index (χ1n) is 8.19. The van der Waals surface area contributed by atoms with Crippen molar-refractivity contribution in [3.63, 3.8) is 0 Å². The Morgan fingerprint density at radius 2 is 0.846 bits per heavy atom. The fourth-order valence-electron chi connectivity index (χ4n) is 2.45. The molecule has 0 fully saturated rings. The number of aromatic nitrogens is 4. The largest absolute Gasteiger partial charge is 0.281 e. The fraction of sp³-hybridized carbons (Fsp3) is 0. The van der Waals surface area contributed by atoms with Gasteiger partial charge in [-0.25, -0.2) is 0 Å². The van der Waals surface area contributed by atoms with Gasteiger partial charge < -0.3 is 0 Å². The van der Waals surface area contributed by atoms with Crippen LogP contribution >= 0.6 is 0 Å². The van der Waals surface area contributed by atoms with Crippen LogP contribution in [-0.2, 0) is 0 Å². The Bertz CT molecular complexity index is 872. The van der Waals surface area contributed by atoms with Gasteiger partial charge in [-0.15, -0.1) is 20.4 Å². The number of hydrogen-bond acceptors (Lipinski definition) is 6. The molecule has 0 spiro atoms. The van der Waals surface area contributed by atoms with E-state index in [1.54, 1.807) is 0 Å². The lowest BCUT2D eigenvalue weighted by Crippen LogP contribution is -2.12. The van der Waals surface area contributed by atoms with E-state index in [0.717, 1.165) is 22.5 Å². The third-order valence-electron chi connectivity index (χ3n) is 3.79. The van der Waals surface area contributed by atoms with Crippen LogP contribution in [0.15, 0.2) is 84.9 Å². The fourth-order valence-corrected chi connectivity index (χ4v) is 2.45. The van der Waals surface area contributed by atoms with E-state index in [0.29, 0.717) is 11.6 Å². The van der Waals surface area contributed by atoms with E-state index in [1.807, 2.05) is 84.9 Å². The van der Waals surface area contributed by atoms with Gasteiger partial charge in [0.25, 0.3) is 0 Å². The molecule has 4 aromatic rings. The zero-order chi connectivity index (χ0) is 17.6. The SMILES string of the molecule is c1ccc(-c2ccc(NNc3ccc(-c4ccccc4)nn3)nn2)cc1. The van der Waals surface area contributed by atoms with E-state index in [-0.39, 0.29) is 0 Å². The standard InChI is InChI=1S/C20H16N6/c1-3-7-15(8-4-1)17-11-13-19(23-21-17)25-26-20-14-12-18(22-24-20)16-9-5-2-6-10-16/h1-14H,(H,23,25)(H,24,26). The summed E-state index contributed by atoms with van der Waals surface area (Å²) in [5, 5.41) is 16.8. The first-order chi connectivity index (χ1) is 12.9. The highest BCUT2D eigenvalue weighted by Crippen LogP contribution is 2.17. The molecule has 0 aliphatic carbocycles. The van der Waals surface area contributed by atoms with Crippen LogP contribution in [0.3, 0.4) is 0 Å². The summed E-state index contributed by atoms with van der Waals surface area (Å²) < 4.78 is 0. The Morgan fingerprint density at radius 3 is 1.19 bits per heavy atom. The maximum Gasteiger partial charge on any atom is 0.167 e. The third kappa shape index (κ3) is 3.64. The lowest BCUT2D eigenvalue weighted by Gasteiger charge is -2.08. The lowest BCUT2D eigenvalue weighted by molar-refractivity contribution is 1.01. The highest BCUT2D eigenvalue weighted by molar-refractivity contribution is 5.61. The van der Waals surface area contributed by atoms with Crippen LogP contribution < -0.4 is 10.9 Å². The summed E-state index contributed by atoms with van der Waals surface area (Å²) in [6.07, 6.45) is 0. The predicted octanol–water partition coefficient (Wildman–Crippen LogP) is 4.04. The minimum atomic E-state index is 0.596. The van der Waals surface area contributed by atoms with Gasteiger partial charge in [-0.1, -0.05) is 60.7 Å². The monoisotopic (exact) mass is 340 g/mol. The molecule has 6 nitrogen and oxygen atoms in total. The van der Waals surface area contributed by atoms with Gasteiger partial charge in [0.15, 0.2) is 11.6 Å². The molecule has 2 N–H and O–H groups in total. The van der Waals surface area contributed by atoms with E-state index in [4.69, 9.17) is 0 Å². The first kappa shape index (κ1) is 15.7. The van der Waals surface area contributed by atoms with Crippen molar-refractivity contribution < 1.29 is 0 Å². The summed E-state index contributed by atoms with van der Waals surface area (Å²) >= 11 is 0. The maximum atomic E-state index is 4.23. The lowest BCUT2D eigenvalue weighted by atomic mass is 10.1. The zero-order valence-electron chi connectivity index (χ0n) is 13.9. The van der Waals surface area contributed by atoms with Gasteiger partial charge >= 0.3 is 0 Å². The first-order valence-corrected chi connectivity index (χ1v) is 8.19. The molecule has 2 heterocycles. The Labute approximate surface area is 150 Å². The van der Waals surface area contributed by atoms with Crippen LogP contribution in [0.2, 0.25) is 0 Å². The molecule has 0 aliphatic heterocycles. The third-order valence-corrected chi connectivity index (χ3v) is 3.79. The van der Waals surface area contributed by atoms with E-state index in [2.05, 4.69) is 31.2 Å². The molecule has 6 heteroatoms. The Balaban J connectivity index is 1.40. The molecular weight excluding hydrogens is 324 g/mol. The van der Waals surface area contributed by atoms with Crippen molar-refractivity contribution in [1.29, 1.82) is 0 Å². The van der Waals surface area contributed by atoms with Gasteiger partial charge in [-0.2, -0.15) is 0 Å². The minimum Gasteiger partial charge on any atom is -0.281 e. The van der Waals surface area contributed by atoms with Gasteiger partial charge in [-0.3, -0.25) is 10.9 Å². The molecule has 26 heavy (non-hydrogen) atoms. The van der Waals surface area contributed by atoms with Gasteiger partial charge in [0.1, 0.15) is 0 Å². The maximum absolute atomic E-state index is 4.23. The van der Waals surface area contributed by atoms with Crippen LogP contribution in [-0.4, -0.2) is 20.4 Å². The van der Waals surface area contributed by atoms with Crippen LogP contribution in [0.25, 0.3) is 22.5 Å². The minimum absolute atomic E-state index is 0.596. The molecule has 0 amide bonds. The van der Waals surface area contributed by atoms with E-state index < -0.39 is 0 Å². The Morgan fingerprint density at radius 1 is 0.423 bits per heavy atom. The molecule has 2 aromatic carbocycles. The van der Waals surface area contributed by atoms with Crippen molar-refractivity contribution in [2.75, 3.05) is 10.9 Å². The smallest absolute Gasteiger partial charge is 0.167 e. The van der Waals surface area contributed by atoms with Crippen molar-refractivity contribution in [3.05, 3.63) is 84.9 Å². The molecule has 126 valence electrons. The van der Waals surface area contributed by atoms with Crippen LogP contribution in [0.5, 0.6) is 0 Å². The van der Waals surface area contributed by atoms with Crippen LogP contribution in [0.4, 0.5) is 11.6 Å². The summed E-state index contributed by atoms with van der Waals surface area (Å²) in [5.74, 6) is 1.19. The predicted molar refractivity (Wildman–Crippen MR) is 102 cm³/mol. The Kier molecular flexibility index (Phi) is 4.47. The van der Waals surface area contributed by atoms with Gasteiger partial charge in [-0.05, 0) is 24.3 Å². The van der Waals surface area contributed by atoms with E-state index >= 15 is 0 Å². The summed E-state index contributed by atoms with van der Waals surface area (Å²) in [5.41, 5.74) is 9.65. The van der Waals surface area contributed by atoms with Crippen molar-refractivity contribution in [2.24, 2.45) is 0 Å². The van der Waals surface area contributed by atoms with Crippen LogP contribution in [0.1, 0.15) is 0 Å². The van der Waals surface area contributed by atoms with Gasteiger partial charge in [0.2, 0.25) is 0 Å². The molecule has 0 saturated carbocycles. The summed E-state index contributed by atoms with van der Waals surface area (Å²) in [6, 6.07) is 27.4. The van der Waals surface area contributed by atoms with Crippen molar-refractivity contribution in [2.45, 2.75) is 0 Å². The second-order valence-electron chi connectivity index (χ2n) is 5.59. The molecule has 0 bridgehead atoms. The summed E-state index contributed by atoms with van der Waals surface area (Å²) in [7, 11) is 0. The second-order valence-corrected chi connectivity index (χ2v) is 5.59. The molecule has 0 unspecified atom stereocenters. The number of nitrogens with one attached hydrogen (secondary N) is 2. The molecule has 0 atom stereocenters. The normalized spacial score (nSPS) is 10.3. The quantitative estimate of drug-likeness (QED) is 0.534. The van der Waals surface area contributed by atoms with Gasteiger partial charge in [0.05, 0.1) is 11.4 Å². The summed E-state index contributed by atoms with van der Waals surface area (Å²) in [6.45, 7) is 0. The number of hydrazine groups is 1. The average molecular weight is 340 g/mol. The van der Waals surface area contributed by atoms with Crippen molar-refractivity contribution in [1.82, 2.24) is 20.4 Å². The summed E-state index contributed by atoms with van der Waals surface area (Å²) in [4.78, 5) is 0. The molecule has 0 radical (unpaired) electrons. The number of anilines is 2. The highest BCUT2D eigenvalue weighted by atomic mass is 15.4. The van der Waals surface area contributed by atoms with Crippen molar-refractivity contribution in [3.8, 4) is 22.5 Å². The molecular formula is C20H16N6. The van der Waals surface area contributed by atoms with E-state index in [9.17, 15) is 0 Å². The molecule has 2 aromatic heterocycles. The molecule has 0 saturated heterocycles. The molecule has 4 rings (SSSR count).